The Morgan fingerprint density at radius 2 is 2.22 bits per heavy atom. The highest BCUT2D eigenvalue weighted by Crippen LogP contribution is 2.23. The van der Waals surface area contributed by atoms with E-state index in [4.69, 9.17) is 9.72 Å². The van der Waals surface area contributed by atoms with Crippen molar-refractivity contribution in [2.75, 3.05) is 11.9 Å². The molecule has 27 heavy (non-hydrogen) atoms. The predicted molar refractivity (Wildman–Crippen MR) is 100 cm³/mol. The van der Waals surface area contributed by atoms with Crippen LogP contribution in [0.5, 0.6) is 0 Å². The van der Waals surface area contributed by atoms with Crippen molar-refractivity contribution in [1.29, 1.82) is 0 Å². The van der Waals surface area contributed by atoms with Gasteiger partial charge in [-0.15, -0.1) is 0 Å². The average molecular weight is 364 g/mol. The van der Waals surface area contributed by atoms with E-state index in [1.165, 1.54) is 6.33 Å². The van der Waals surface area contributed by atoms with Gasteiger partial charge in [0.25, 0.3) is 0 Å². The average Bonchev–Trinajstić information content (AvgIpc) is 3.38. The number of fused-ring (bicyclic) bond motifs is 2. The second-order valence-electron chi connectivity index (χ2n) is 6.89. The van der Waals surface area contributed by atoms with Crippen LogP contribution in [-0.2, 0) is 11.3 Å². The Balaban J connectivity index is 1.50. The standard InChI is InChI=1S/C18H20N8O/c1-11-6-16-20-10-21-25(16)9-15(11)22-18-19-7-14-12(2)24-26(17(14)23-18)8-13-4-3-5-27-13/h6-7,9-10,13H,3-5,8H2,1-2H3,(H,19,22,23). The molecule has 0 spiro atoms. The molecular formula is C18H20N8O. The second kappa shape index (κ2) is 6.27. The van der Waals surface area contributed by atoms with Gasteiger partial charge in [0, 0.05) is 12.8 Å². The lowest BCUT2D eigenvalue weighted by atomic mass is 10.2. The van der Waals surface area contributed by atoms with Crippen LogP contribution in [0.1, 0.15) is 24.1 Å². The first-order chi connectivity index (χ1) is 13.2. The number of nitrogens with one attached hydrogen (secondary N) is 1. The minimum Gasteiger partial charge on any atom is -0.376 e. The van der Waals surface area contributed by atoms with Gasteiger partial charge in [-0.3, -0.25) is 0 Å². The first-order valence-electron chi connectivity index (χ1n) is 9.06. The third-order valence-corrected chi connectivity index (χ3v) is 4.94. The SMILES string of the molecule is Cc1cc2ncnn2cc1Nc1ncc2c(C)nn(CC3CCCO3)c2n1. The van der Waals surface area contributed by atoms with Gasteiger partial charge >= 0.3 is 0 Å². The zero-order valence-corrected chi connectivity index (χ0v) is 15.3. The number of hydrogen-bond donors (Lipinski definition) is 1. The number of anilines is 2. The maximum atomic E-state index is 5.75. The van der Waals surface area contributed by atoms with Crippen LogP contribution in [0.4, 0.5) is 11.6 Å². The molecular weight excluding hydrogens is 344 g/mol. The van der Waals surface area contributed by atoms with Crippen molar-refractivity contribution in [3.05, 3.63) is 36.0 Å². The quantitative estimate of drug-likeness (QED) is 0.594. The highest BCUT2D eigenvalue weighted by atomic mass is 16.5. The zero-order valence-electron chi connectivity index (χ0n) is 15.3. The fourth-order valence-electron chi connectivity index (χ4n) is 3.48. The Morgan fingerprint density at radius 3 is 3.07 bits per heavy atom. The molecule has 1 aliphatic rings. The van der Waals surface area contributed by atoms with Crippen molar-refractivity contribution >= 4 is 28.3 Å². The van der Waals surface area contributed by atoms with Crippen molar-refractivity contribution in [2.45, 2.75) is 39.3 Å². The number of nitrogens with zero attached hydrogens (tertiary/aromatic N) is 7. The number of aromatic nitrogens is 7. The molecule has 1 unspecified atom stereocenters. The normalized spacial score (nSPS) is 17.2. The van der Waals surface area contributed by atoms with E-state index in [1.54, 1.807) is 4.52 Å². The molecule has 5 rings (SSSR count). The zero-order chi connectivity index (χ0) is 18.4. The van der Waals surface area contributed by atoms with Crippen molar-refractivity contribution in [2.24, 2.45) is 0 Å². The molecule has 0 aromatic carbocycles. The molecule has 0 saturated carbocycles. The second-order valence-corrected chi connectivity index (χ2v) is 6.89. The van der Waals surface area contributed by atoms with Crippen molar-refractivity contribution in [3.8, 4) is 0 Å². The molecule has 0 amide bonds. The summed E-state index contributed by atoms with van der Waals surface area (Å²) in [4.78, 5) is 13.4. The number of hydrogen-bond acceptors (Lipinski definition) is 7. The fraction of sp³-hybridized carbons (Fsp3) is 0.389. The summed E-state index contributed by atoms with van der Waals surface area (Å²) in [5.74, 6) is 0.526. The first kappa shape index (κ1) is 16.1. The maximum absolute atomic E-state index is 5.75. The molecule has 1 N–H and O–H groups in total. The van der Waals surface area contributed by atoms with E-state index in [2.05, 4.69) is 25.5 Å². The van der Waals surface area contributed by atoms with Gasteiger partial charge in [-0.05, 0) is 38.3 Å². The van der Waals surface area contributed by atoms with Gasteiger partial charge in [0.05, 0.1) is 35.6 Å². The fourth-order valence-corrected chi connectivity index (χ4v) is 3.48. The molecule has 0 aliphatic carbocycles. The molecule has 9 nitrogen and oxygen atoms in total. The van der Waals surface area contributed by atoms with Crippen LogP contribution in [-0.4, -0.2) is 47.1 Å². The molecule has 1 saturated heterocycles. The third kappa shape index (κ3) is 2.89. The summed E-state index contributed by atoms with van der Waals surface area (Å²) < 4.78 is 9.41. The molecule has 4 aromatic rings. The topological polar surface area (TPSA) is 95.1 Å². The lowest BCUT2D eigenvalue weighted by Crippen LogP contribution is -2.16. The summed E-state index contributed by atoms with van der Waals surface area (Å²) in [5, 5.41) is 13.1. The van der Waals surface area contributed by atoms with Crippen molar-refractivity contribution < 1.29 is 4.74 Å². The maximum Gasteiger partial charge on any atom is 0.229 e. The predicted octanol–water partition coefficient (Wildman–Crippen LogP) is 2.41. The molecule has 1 aliphatic heterocycles. The minimum atomic E-state index is 0.204. The molecule has 1 fully saturated rings. The first-order valence-corrected chi connectivity index (χ1v) is 9.06. The summed E-state index contributed by atoms with van der Waals surface area (Å²) in [6.45, 7) is 5.54. The van der Waals surface area contributed by atoms with Crippen LogP contribution >= 0.6 is 0 Å². The lowest BCUT2D eigenvalue weighted by Gasteiger charge is -2.11. The third-order valence-electron chi connectivity index (χ3n) is 4.94. The summed E-state index contributed by atoms with van der Waals surface area (Å²) >= 11 is 0. The van der Waals surface area contributed by atoms with E-state index in [0.717, 1.165) is 53.1 Å². The Labute approximate surface area is 155 Å². The summed E-state index contributed by atoms with van der Waals surface area (Å²) in [6.07, 6.45) is 7.62. The molecule has 0 bridgehead atoms. The monoisotopic (exact) mass is 364 g/mol. The van der Waals surface area contributed by atoms with Crippen LogP contribution in [0, 0.1) is 13.8 Å². The molecule has 4 aromatic heterocycles. The van der Waals surface area contributed by atoms with Crippen LogP contribution in [0.2, 0.25) is 0 Å². The van der Waals surface area contributed by atoms with Crippen LogP contribution < -0.4 is 5.32 Å². The van der Waals surface area contributed by atoms with E-state index in [-0.39, 0.29) is 6.10 Å². The van der Waals surface area contributed by atoms with Gasteiger partial charge in [0.15, 0.2) is 11.3 Å². The molecule has 0 radical (unpaired) electrons. The van der Waals surface area contributed by atoms with Crippen LogP contribution in [0.15, 0.2) is 24.8 Å². The molecule has 138 valence electrons. The summed E-state index contributed by atoms with van der Waals surface area (Å²) in [5.41, 5.74) is 4.48. The van der Waals surface area contributed by atoms with Crippen molar-refractivity contribution in [3.63, 3.8) is 0 Å². The Bertz CT molecular complexity index is 1130. The van der Waals surface area contributed by atoms with Gasteiger partial charge < -0.3 is 10.1 Å². The largest absolute Gasteiger partial charge is 0.376 e. The Hall–Kier alpha value is -3.07. The Kier molecular flexibility index (Phi) is 3.75. The lowest BCUT2D eigenvalue weighted by molar-refractivity contribution is 0.0949. The van der Waals surface area contributed by atoms with Gasteiger partial charge in [0.2, 0.25) is 5.95 Å². The van der Waals surface area contributed by atoms with Crippen LogP contribution in [0.25, 0.3) is 16.7 Å². The number of aryl methyl sites for hydroxylation is 2. The molecule has 5 heterocycles. The summed E-state index contributed by atoms with van der Waals surface area (Å²) in [6, 6.07) is 1.97. The molecule has 1 atom stereocenters. The highest BCUT2D eigenvalue weighted by Gasteiger charge is 2.19. The summed E-state index contributed by atoms with van der Waals surface area (Å²) in [7, 11) is 0. The van der Waals surface area contributed by atoms with E-state index in [9.17, 15) is 0 Å². The van der Waals surface area contributed by atoms with Crippen LogP contribution in [0.3, 0.4) is 0 Å². The van der Waals surface area contributed by atoms with Gasteiger partial charge in [-0.2, -0.15) is 15.2 Å². The smallest absolute Gasteiger partial charge is 0.229 e. The Morgan fingerprint density at radius 1 is 1.30 bits per heavy atom. The van der Waals surface area contributed by atoms with E-state index < -0.39 is 0 Å². The van der Waals surface area contributed by atoms with Gasteiger partial charge in [-0.25, -0.2) is 19.2 Å². The number of pyridine rings is 1. The number of ether oxygens (including phenoxy) is 1. The van der Waals surface area contributed by atoms with Crippen molar-refractivity contribution in [1.82, 2.24) is 34.3 Å². The highest BCUT2D eigenvalue weighted by molar-refractivity contribution is 5.78. The van der Waals surface area contributed by atoms with Gasteiger partial charge in [-0.1, -0.05) is 0 Å². The van der Waals surface area contributed by atoms with E-state index in [0.29, 0.717) is 12.5 Å². The minimum absolute atomic E-state index is 0.204. The van der Waals surface area contributed by atoms with E-state index >= 15 is 0 Å². The molecule has 9 heteroatoms. The number of rotatable bonds is 4. The van der Waals surface area contributed by atoms with E-state index in [1.807, 2.05) is 37.0 Å². The van der Waals surface area contributed by atoms with Gasteiger partial charge in [0.1, 0.15) is 6.33 Å².